The second-order valence-corrected chi connectivity index (χ2v) is 4.61. The summed E-state index contributed by atoms with van der Waals surface area (Å²) in [5, 5.41) is 0. The third-order valence-corrected chi connectivity index (χ3v) is 2.63. The van der Waals surface area contributed by atoms with Gasteiger partial charge >= 0.3 is 24.1 Å². The van der Waals surface area contributed by atoms with Crippen molar-refractivity contribution in [2.24, 2.45) is 0 Å². The van der Waals surface area contributed by atoms with E-state index >= 15 is 0 Å². The molecule has 0 N–H and O–H groups in total. The first kappa shape index (κ1) is 18.2. The number of ether oxygens (including phenoxy) is 4. The molecule has 1 saturated heterocycles. The maximum absolute atomic E-state index is 12.9. The van der Waals surface area contributed by atoms with E-state index in [9.17, 15) is 27.6 Å². The summed E-state index contributed by atoms with van der Waals surface area (Å²) in [7, 11) is 0. The summed E-state index contributed by atoms with van der Waals surface area (Å²) in [5.74, 6) is -2.74. The van der Waals surface area contributed by atoms with Crippen LogP contribution in [-0.4, -0.2) is 48.7 Å². The van der Waals surface area contributed by atoms with Gasteiger partial charge < -0.3 is 18.9 Å². The van der Waals surface area contributed by atoms with Gasteiger partial charge in [0.05, 0.1) is 0 Å². The minimum Gasteiger partial charge on any atom is -0.456 e. The third kappa shape index (κ3) is 5.17. The Balaban J connectivity index is 2.91. The fourth-order valence-corrected chi connectivity index (χ4v) is 1.97. The van der Waals surface area contributed by atoms with Gasteiger partial charge in [0, 0.05) is 27.2 Å². The summed E-state index contributed by atoms with van der Waals surface area (Å²) in [6.07, 6.45) is -12.2. The van der Waals surface area contributed by atoms with Gasteiger partial charge in [0.2, 0.25) is 12.4 Å². The number of carbonyl (C=O) groups excluding carboxylic acids is 3. The Morgan fingerprint density at radius 1 is 1.05 bits per heavy atom. The Morgan fingerprint density at radius 3 is 2.00 bits per heavy atom. The van der Waals surface area contributed by atoms with Crippen molar-refractivity contribution in [1.82, 2.24) is 0 Å². The van der Waals surface area contributed by atoms with Crippen LogP contribution in [0.2, 0.25) is 0 Å². The van der Waals surface area contributed by atoms with Crippen molar-refractivity contribution < 1.29 is 46.5 Å². The maximum Gasteiger partial charge on any atom is 0.428 e. The highest BCUT2D eigenvalue weighted by atomic mass is 19.4. The highest BCUT2D eigenvalue weighted by Crippen LogP contribution is 2.35. The SMILES string of the molecule is CC(=O)OC([C@@H]1C[C@@H](OC(C)=O)[C@H](OC(C)=O)O1)C(F)(F)F. The number of halogens is 3. The summed E-state index contributed by atoms with van der Waals surface area (Å²) in [6, 6.07) is 0. The molecule has 7 nitrogen and oxygen atoms in total. The molecule has 0 aromatic rings. The molecule has 0 saturated carbocycles. The molecule has 4 atom stereocenters. The van der Waals surface area contributed by atoms with E-state index in [0.717, 1.165) is 20.8 Å². The molecule has 0 aliphatic carbocycles. The molecule has 0 spiro atoms. The number of hydrogen-bond acceptors (Lipinski definition) is 7. The Labute approximate surface area is 123 Å². The van der Waals surface area contributed by atoms with Gasteiger partial charge in [-0.2, -0.15) is 13.2 Å². The lowest BCUT2D eigenvalue weighted by molar-refractivity contribution is -0.256. The lowest BCUT2D eigenvalue weighted by atomic mass is 10.1. The van der Waals surface area contributed by atoms with Crippen LogP contribution in [0, 0.1) is 0 Å². The molecule has 0 amide bonds. The highest BCUT2D eigenvalue weighted by molar-refractivity contribution is 5.67. The average molecular weight is 328 g/mol. The molecule has 0 bridgehead atoms. The predicted molar refractivity (Wildman–Crippen MR) is 62.2 cm³/mol. The molecule has 1 heterocycles. The van der Waals surface area contributed by atoms with Crippen molar-refractivity contribution in [2.75, 3.05) is 0 Å². The fraction of sp³-hybridized carbons (Fsp3) is 0.750. The van der Waals surface area contributed by atoms with E-state index in [-0.39, 0.29) is 0 Å². The van der Waals surface area contributed by atoms with E-state index in [4.69, 9.17) is 9.47 Å². The normalized spacial score (nSPS) is 26.2. The Kier molecular flexibility index (Phi) is 5.75. The van der Waals surface area contributed by atoms with Crippen LogP contribution in [0.15, 0.2) is 0 Å². The second-order valence-electron chi connectivity index (χ2n) is 4.61. The van der Waals surface area contributed by atoms with Crippen LogP contribution in [-0.2, 0) is 33.3 Å². The first-order chi connectivity index (χ1) is 10.0. The summed E-state index contributed by atoms with van der Waals surface area (Å²) in [5.41, 5.74) is 0. The Hall–Kier alpha value is -1.84. The van der Waals surface area contributed by atoms with Gasteiger partial charge in [-0.05, 0) is 0 Å². The number of esters is 3. The Morgan fingerprint density at radius 2 is 1.59 bits per heavy atom. The smallest absolute Gasteiger partial charge is 0.428 e. The van der Waals surface area contributed by atoms with Crippen LogP contribution in [0.1, 0.15) is 27.2 Å². The first-order valence-electron chi connectivity index (χ1n) is 6.24. The van der Waals surface area contributed by atoms with E-state index in [1.807, 2.05) is 0 Å². The van der Waals surface area contributed by atoms with Gasteiger partial charge in [-0.15, -0.1) is 0 Å². The first-order valence-corrected chi connectivity index (χ1v) is 6.24. The molecule has 10 heteroatoms. The zero-order chi connectivity index (χ0) is 17.1. The predicted octanol–water partition coefficient (Wildman–Crippen LogP) is 1.09. The molecule has 22 heavy (non-hydrogen) atoms. The molecule has 1 aliphatic heterocycles. The zero-order valence-corrected chi connectivity index (χ0v) is 12.0. The van der Waals surface area contributed by atoms with Crippen LogP contribution >= 0.6 is 0 Å². The number of hydrogen-bond donors (Lipinski definition) is 0. The van der Waals surface area contributed by atoms with Crippen molar-refractivity contribution in [2.45, 2.75) is 58.0 Å². The lowest BCUT2D eigenvalue weighted by Crippen LogP contribution is -2.43. The number of rotatable bonds is 4. The summed E-state index contributed by atoms with van der Waals surface area (Å²) >= 11 is 0. The zero-order valence-electron chi connectivity index (χ0n) is 12.0. The molecule has 1 rings (SSSR count). The van der Waals surface area contributed by atoms with E-state index in [0.29, 0.717) is 0 Å². The van der Waals surface area contributed by atoms with E-state index in [1.54, 1.807) is 0 Å². The molecule has 0 aromatic heterocycles. The van der Waals surface area contributed by atoms with Crippen LogP contribution in [0.25, 0.3) is 0 Å². The Bertz CT molecular complexity index is 424. The molecular formula is C12H15F3O7. The van der Waals surface area contributed by atoms with Crippen LogP contribution in [0.5, 0.6) is 0 Å². The second kappa shape index (κ2) is 6.95. The van der Waals surface area contributed by atoms with Crippen molar-refractivity contribution >= 4 is 17.9 Å². The van der Waals surface area contributed by atoms with E-state index in [1.165, 1.54) is 0 Å². The van der Waals surface area contributed by atoms with Crippen molar-refractivity contribution in [1.29, 1.82) is 0 Å². The minimum absolute atomic E-state index is 0.436. The number of alkyl halides is 3. The van der Waals surface area contributed by atoms with Gasteiger partial charge in [-0.1, -0.05) is 0 Å². The van der Waals surface area contributed by atoms with Gasteiger partial charge in [-0.3, -0.25) is 14.4 Å². The monoisotopic (exact) mass is 328 g/mol. The molecule has 1 aliphatic rings. The molecule has 0 aromatic carbocycles. The fourth-order valence-electron chi connectivity index (χ4n) is 1.97. The highest BCUT2D eigenvalue weighted by Gasteiger charge is 2.54. The van der Waals surface area contributed by atoms with Crippen LogP contribution in [0.3, 0.4) is 0 Å². The summed E-state index contributed by atoms with van der Waals surface area (Å²) in [4.78, 5) is 32.7. The van der Waals surface area contributed by atoms with Gasteiger partial charge in [0.25, 0.3) is 0 Å². The minimum atomic E-state index is -4.89. The molecule has 1 fully saturated rings. The topological polar surface area (TPSA) is 88.1 Å². The summed E-state index contributed by atoms with van der Waals surface area (Å²) in [6.45, 7) is 2.89. The lowest BCUT2D eigenvalue weighted by Gasteiger charge is -2.24. The standard InChI is InChI=1S/C12H15F3O7/c1-5(16)19-9-4-8(22-11(9)21-7(3)18)10(12(13,14)15)20-6(2)17/h8-11H,4H2,1-3H3/t8-,9+,10?,11+/m0/s1. The maximum atomic E-state index is 12.9. The molecule has 1 unspecified atom stereocenters. The molecule has 0 radical (unpaired) electrons. The van der Waals surface area contributed by atoms with Gasteiger partial charge in [0.15, 0.2) is 6.10 Å². The third-order valence-electron chi connectivity index (χ3n) is 2.63. The van der Waals surface area contributed by atoms with Crippen molar-refractivity contribution in [3.05, 3.63) is 0 Å². The summed E-state index contributed by atoms with van der Waals surface area (Å²) < 4.78 is 57.5. The van der Waals surface area contributed by atoms with E-state index in [2.05, 4.69) is 9.47 Å². The largest absolute Gasteiger partial charge is 0.456 e. The molecule has 126 valence electrons. The van der Waals surface area contributed by atoms with E-state index < -0.39 is 55.1 Å². The van der Waals surface area contributed by atoms with Gasteiger partial charge in [-0.25, -0.2) is 0 Å². The van der Waals surface area contributed by atoms with Gasteiger partial charge in [0.1, 0.15) is 6.10 Å². The quantitative estimate of drug-likeness (QED) is 0.564. The van der Waals surface area contributed by atoms with Crippen molar-refractivity contribution in [3.63, 3.8) is 0 Å². The average Bonchev–Trinajstić information content (AvgIpc) is 2.65. The van der Waals surface area contributed by atoms with Crippen molar-refractivity contribution in [3.8, 4) is 0 Å². The van der Waals surface area contributed by atoms with Crippen LogP contribution < -0.4 is 0 Å². The number of carbonyl (C=O) groups is 3. The molecular weight excluding hydrogens is 313 g/mol. The van der Waals surface area contributed by atoms with Crippen LogP contribution in [0.4, 0.5) is 13.2 Å².